The maximum absolute atomic E-state index is 11.4. The molecule has 0 saturated carbocycles. The lowest BCUT2D eigenvalue weighted by Gasteiger charge is -2.11. The van der Waals surface area contributed by atoms with Crippen molar-refractivity contribution in [3.05, 3.63) is 83.4 Å². The first kappa shape index (κ1) is 19.4. The molecule has 29 heavy (non-hydrogen) atoms. The summed E-state index contributed by atoms with van der Waals surface area (Å²) in [6, 6.07) is 15.3. The van der Waals surface area contributed by atoms with E-state index >= 15 is 0 Å². The Hall–Kier alpha value is -4.33. The molecule has 0 radical (unpaired) electrons. The summed E-state index contributed by atoms with van der Waals surface area (Å²) in [4.78, 5) is 33.2. The predicted octanol–water partition coefficient (Wildman–Crippen LogP) is 4.37. The van der Waals surface area contributed by atoms with Gasteiger partial charge in [-0.1, -0.05) is 0 Å². The molecule has 0 spiro atoms. The van der Waals surface area contributed by atoms with E-state index in [1.165, 1.54) is 66.7 Å². The van der Waals surface area contributed by atoms with Gasteiger partial charge < -0.3 is 24.8 Å². The summed E-state index contributed by atoms with van der Waals surface area (Å²) in [7, 11) is 0. The first-order chi connectivity index (χ1) is 13.8. The van der Waals surface area contributed by atoms with E-state index in [0.717, 1.165) is 0 Å². The van der Waals surface area contributed by atoms with Crippen molar-refractivity contribution in [3.8, 4) is 23.0 Å². The van der Waals surface area contributed by atoms with Gasteiger partial charge in [0.25, 0.3) is 0 Å². The van der Waals surface area contributed by atoms with E-state index in [9.17, 15) is 19.5 Å². The van der Waals surface area contributed by atoms with Crippen molar-refractivity contribution in [2.75, 3.05) is 0 Å². The van der Waals surface area contributed by atoms with Crippen molar-refractivity contribution in [1.29, 1.82) is 0 Å². The summed E-state index contributed by atoms with van der Waals surface area (Å²) in [5.74, 6) is -2.37. The Balaban J connectivity index is 1.86. The Kier molecular flexibility index (Phi) is 5.45. The van der Waals surface area contributed by atoms with Crippen LogP contribution in [0, 0.1) is 0 Å². The van der Waals surface area contributed by atoms with Crippen LogP contribution in [0.15, 0.2) is 66.7 Å². The van der Waals surface area contributed by atoms with Gasteiger partial charge in [0, 0.05) is 6.07 Å². The molecule has 0 aliphatic heterocycles. The minimum Gasteiger partial charge on any atom is -0.478 e. The van der Waals surface area contributed by atoms with Crippen molar-refractivity contribution in [2.45, 2.75) is 0 Å². The number of carbonyl (C=O) groups is 3. The molecule has 0 bridgehead atoms. The molecule has 3 aromatic rings. The zero-order valence-electron chi connectivity index (χ0n) is 14.7. The molecule has 0 aromatic heterocycles. The minimum absolute atomic E-state index is 0.0817. The predicted molar refractivity (Wildman–Crippen MR) is 100 cm³/mol. The third kappa shape index (κ3) is 4.89. The smallest absolute Gasteiger partial charge is 0.335 e. The maximum Gasteiger partial charge on any atom is 0.335 e. The van der Waals surface area contributed by atoms with Crippen LogP contribution in [0.1, 0.15) is 31.1 Å². The third-order valence-electron chi connectivity index (χ3n) is 3.80. The Morgan fingerprint density at radius 2 is 0.828 bits per heavy atom. The van der Waals surface area contributed by atoms with Gasteiger partial charge in [0.1, 0.15) is 23.0 Å². The van der Waals surface area contributed by atoms with Gasteiger partial charge in [-0.15, -0.1) is 0 Å². The molecular formula is C21H14O8. The van der Waals surface area contributed by atoms with Gasteiger partial charge in [-0.3, -0.25) is 0 Å². The average Bonchev–Trinajstić information content (AvgIpc) is 2.68. The lowest BCUT2D eigenvalue weighted by atomic mass is 10.2. The Labute approximate surface area is 164 Å². The molecule has 0 unspecified atom stereocenters. The van der Waals surface area contributed by atoms with Crippen molar-refractivity contribution < 1.29 is 39.2 Å². The fourth-order valence-electron chi connectivity index (χ4n) is 2.42. The molecule has 0 atom stereocenters. The van der Waals surface area contributed by atoms with Crippen LogP contribution in [0.4, 0.5) is 0 Å². The largest absolute Gasteiger partial charge is 0.478 e. The van der Waals surface area contributed by atoms with Crippen LogP contribution in [-0.4, -0.2) is 33.2 Å². The number of ether oxygens (including phenoxy) is 2. The molecule has 3 N–H and O–H groups in total. The van der Waals surface area contributed by atoms with Crippen LogP contribution in [0.5, 0.6) is 23.0 Å². The molecule has 0 heterocycles. The van der Waals surface area contributed by atoms with Crippen LogP contribution in [0.25, 0.3) is 0 Å². The highest BCUT2D eigenvalue weighted by Gasteiger charge is 2.11. The van der Waals surface area contributed by atoms with Gasteiger partial charge in [0.15, 0.2) is 0 Å². The summed E-state index contributed by atoms with van der Waals surface area (Å²) >= 11 is 0. The molecule has 0 saturated heterocycles. The second-order valence-electron chi connectivity index (χ2n) is 5.86. The normalized spacial score (nSPS) is 10.2. The number of hydrogen-bond donors (Lipinski definition) is 3. The molecule has 0 aliphatic rings. The van der Waals surface area contributed by atoms with Gasteiger partial charge in [-0.05, 0) is 60.7 Å². The van der Waals surface area contributed by atoms with Crippen molar-refractivity contribution in [1.82, 2.24) is 0 Å². The van der Waals surface area contributed by atoms with Crippen molar-refractivity contribution in [2.24, 2.45) is 0 Å². The molecule has 146 valence electrons. The Morgan fingerprint density at radius 3 is 1.14 bits per heavy atom. The van der Waals surface area contributed by atoms with Gasteiger partial charge in [0.2, 0.25) is 0 Å². The third-order valence-corrected chi connectivity index (χ3v) is 3.80. The highest BCUT2D eigenvalue weighted by Crippen LogP contribution is 2.30. The monoisotopic (exact) mass is 394 g/mol. The quantitative estimate of drug-likeness (QED) is 0.539. The first-order valence-electron chi connectivity index (χ1n) is 8.22. The van der Waals surface area contributed by atoms with Crippen LogP contribution in [-0.2, 0) is 0 Å². The van der Waals surface area contributed by atoms with Crippen LogP contribution in [0.2, 0.25) is 0 Å². The number of rotatable bonds is 7. The van der Waals surface area contributed by atoms with Crippen molar-refractivity contribution >= 4 is 17.9 Å². The highest BCUT2D eigenvalue weighted by atomic mass is 16.5. The molecule has 0 aliphatic carbocycles. The first-order valence-corrected chi connectivity index (χ1v) is 8.22. The molecule has 0 fully saturated rings. The van der Waals surface area contributed by atoms with E-state index in [4.69, 9.17) is 19.7 Å². The summed E-state index contributed by atoms with van der Waals surface area (Å²) in [5, 5.41) is 27.2. The van der Waals surface area contributed by atoms with E-state index in [1.54, 1.807) is 0 Å². The van der Waals surface area contributed by atoms with Gasteiger partial charge in [-0.25, -0.2) is 14.4 Å². The van der Waals surface area contributed by atoms with Crippen molar-refractivity contribution in [3.63, 3.8) is 0 Å². The van der Waals surface area contributed by atoms with E-state index in [2.05, 4.69) is 0 Å². The van der Waals surface area contributed by atoms with Gasteiger partial charge in [-0.2, -0.15) is 0 Å². The Bertz CT molecular complexity index is 991. The lowest BCUT2D eigenvalue weighted by Crippen LogP contribution is -1.99. The standard InChI is InChI=1S/C21H14O8/c22-19(23)12-1-5-15(6-2-12)28-17-9-14(21(26)27)10-18(11-17)29-16-7-3-13(4-8-16)20(24)25/h1-11H,(H,22,23)(H,24,25)(H,26,27). The highest BCUT2D eigenvalue weighted by molar-refractivity contribution is 5.89. The topological polar surface area (TPSA) is 130 Å². The second-order valence-corrected chi connectivity index (χ2v) is 5.86. The van der Waals surface area contributed by atoms with E-state index in [-0.39, 0.29) is 28.2 Å². The Morgan fingerprint density at radius 1 is 0.483 bits per heavy atom. The lowest BCUT2D eigenvalue weighted by molar-refractivity contribution is 0.0685. The van der Waals surface area contributed by atoms with Crippen LogP contribution in [0.3, 0.4) is 0 Å². The maximum atomic E-state index is 11.4. The molecule has 8 heteroatoms. The number of benzene rings is 3. The molecule has 3 aromatic carbocycles. The number of carboxylic acids is 3. The van der Waals surface area contributed by atoms with Gasteiger partial charge in [0.05, 0.1) is 16.7 Å². The fraction of sp³-hybridized carbons (Fsp3) is 0. The minimum atomic E-state index is -1.19. The molecule has 3 rings (SSSR count). The molecular weight excluding hydrogens is 380 g/mol. The summed E-state index contributed by atoms with van der Waals surface area (Å²) in [5.41, 5.74) is 0.0951. The number of aromatic carboxylic acids is 3. The van der Waals surface area contributed by atoms with E-state index < -0.39 is 17.9 Å². The SMILES string of the molecule is O=C(O)c1ccc(Oc2cc(Oc3ccc(C(=O)O)cc3)cc(C(=O)O)c2)cc1. The molecule has 8 nitrogen and oxygen atoms in total. The van der Waals surface area contributed by atoms with E-state index in [0.29, 0.717) is 11.5 Å². The van der Waals surface area contributed by atoms with Crippen LogP contribution < -0.4 is 9.47 Å². The second kappa shape index (κ2) is 8.13. The summed E-state index contributed by atoms with van der Waals surface area (Å²) in [6.45, 7) is 0. The fourth-order valence-corrected chi connectivity index (χ4v) is 2.42. The number of hydrogen-bond acceptors (Lipinski definition) is 5. The zero-order valence-corrected chi connectivity index (χ0v) is 14.7. The number of carboxylic acid groups (broad SMARTS) is 3. The summed E-state index contributed by atoms with van der Waals surface area (Å²) in [6.07, 6.45) is 0. The summed E-state index contributed by atoms with van der Waals surface area (Å²) < 4.78 is 11.2. The van der Waals surface area contributed by atoms with E-state index in [1.807, 2.05) is 0 Å². The average molecular weight is 394 g/mol. The van der Waals surface area contributed by atoms with Crippen LogP contribution >= 0.6 is 0 Å². The van der Waals surface area contributed by atoms with Gasteiger partial charge >= 0.3 is 17.9 Å². The molecule has 0 amide bonds. The zero-order chi connectivity index (χ0) is 21.0.